The molecule has 0 spiro atoms. The summed E-state index contributed by atoms with van der Waals surface area (Å²) < 4.78 is 28.1. The van der Waals surface area contributed by atoms with Gasteiger partial charge in [-0.05, 0) is 32.4 Å². The number of carbonyl (C=O) groups is 1. The molecule has 2 rings (SSSR count). The molecule has 1 aromatic rings. The van der Waals surface area contributed by atoms with Crippen molar-refractivity contribution in [2.45, 2.75) is 32.1 Å². The Morgan fingerprint density at radius 1 is 1.28 bits per heavy atom. The molecule has 0 unspecified atom stereocenters. The van der Waals surface area contributed by atoms with Crippen LogP contribution in [-0.2, 0) is 20.3 Å². The summed E-state index contributed by atoms with van der Waals surface area (Å²) in [5.41, 5.74) is 0.0396. The number of halogens is 1. The van der Waals surface area contributed by atoms with E-state index in [4.69, 9.17) is 16.3 Å². The average Bonchev–Trinajstić information content (AvgIpc) is 2.44. The number of hydrogen-bond donors (Lipinski definition) is 0. The zero-order valence-electron chi connectivity index (χ0n) is 15.0. The molecule has 1 aromatic heterocycles. The number of hydrogen-bond acceptors (Lipinski definition) is 6. The number of carbonyl (C=O) groups excluding carboxylic acids is 1. The lowest BCUT2D eigenvalue weighted by atomic mass is 10.2. The van der Waals surface area contributed by atoms with E-state index < -0.39 is 15.4 Å². The van der Waals surface area contributed by atoms with Gasteiger partial charge in [0.1, 0.15) is 11.4 Å². The molecule has 0 saturated carbocycles. The Labute approximate surface area is 153 Å². The van der Waals surface area contributed by atoms with Crippen LogP contribution in [-0.4, -0.2) is 62.4 Å². The number of anilines is 1. The molecule has 1 aliphatic heterocycles. The van der Waals surface area contributed by atoms with Crippen LogP contribution in [0.1, 0.15) is 26.3 Å². The van der Waals surface area contributed by atoms with Crippen LogP contribution in [0.25, 0.3) is 0 Å². The number of rotatable bonds is 3. The second-order valence-electron chi connectivity index (χ2n) is 7.17. The minimum absolute atomic E-state index is 0.0909. The predicted octanol–water partition coefficient (Wildman–Crippen LogP) is 2.34. The number of nitrogens with zero attached hydrogens (tertiary/aromatic N) is 3. The van der Waals surface area contributed by atoms with E-state index in [2.05, 4.69) is 4.98 Å². The molecule has 0 bridgehead atoms. The van der Waals surface area contributed by atoms with Gasteiger partial charge in [-0.2, -0.15) is 0 Å². The maximum absolute atomic E-state index is 12.1. The molecule has 1 amide bonds. The van der Waals surface area contributed by atoms with Crippen molar-refractivity contribution in [3.8, 4) is 0 Å². The van der Waals surface area contributed by atoms with E-state index in [1.54, 1.807) is 11.0 Å². The van der Waals surface area contributed by atoms with E-state index in [0.29, 0.717) is 42.6 Å². The van der Waals surface area contributed by atoms with Crippen molar-refractivity contribution in [1.29, 1.82) is 0 Å². The molecule has 0 N–H and O–H groups in total. The summed E-state index contributed by atoms with van der Waals surface area (Å²) in [5.74, 6) is 0.509. The smallest absolute Gasteiger partial charge is 0.410 e. The molecular weight excluding hydrogens is 366 g/mol. The monoisotopic (exact) mass is 389 g/mol. The highest BCUT2D eigenvalue weighted by Crippen LogP contribution is 2.26. The zero-order valence-corrected chi connectivity index (χ0v) is 16.5. The third kappa shape index (κ3) is 6.04. The van der Waals surface area contributed by atoms with Crippen molar-refractivity contribution >= 4 is 33.3 Å². The summed E-state index contributed by atoms with van der Waals surface area (Å²) in [5, 5.41) is 0.409. The van der Waals surface area contributed by atoms with E-state index in [-0.39, 0.29) is 11.8 Å². The van der Waals surface area contributed by atoms with Crippen LogP contribution in [0, 0.1) is 0 Å². The first kappa shape index (κ1) is 19.8. The van der Waals surface area contributed by atoms with E-state index in [0.717, 1.165) is 0 Å². The largest absolute Gasteiger partial charge is 0.444 e. The van der Waals surface area contributed by atoms with E-state index in [1.807, 2.05) is 25.7 Å². The van der Waals surface area contributed by atoms with Gasteiger partial charge in [0.05, 0.1) is 10.8 Å². The number of aromatic nitrogens is 1. The van der Waals surface area contributed by atoms with Gasteiger partial charge < -0.3 is 14.5 Å². The highest BCUT2D eigenvalue weighted by Gasteiger charge is 2.27. The number of amides is 1. The van der Waals surface area contributed by atoms with Gasteiger partial charge in [0.25, 0.3) is 0 Å². The Morgan fingerprint density at radius 3 is 2.36 bits per heavy atom. The van der Waals surface area contributed by atoms with Crippen molar-refractivity contribution in [3.05, 3.63) is 22.8 Å². The van der Waals surface area contributed by atoms with Gasteiger partial charge in [-0.15, -0.1) is 0 Å². The van der Waals surface area contributed by atoms with Crippen LogP contribution in [0.3, 0.4) is 0 Å². The van der Waals surface area contributed by atoms with Gasteiger partial charge in [-0.3, -0.25) is 0 Å². The predicted molar refractivity (Wildman–Crippen MR) is 97.8 cm³/mol. The highest BCUT2D eigenvalue weighted by molar-refractivity contribution is 7.89. The van der Waals surface area contributed by atoms with Crippen molar-refractivity contribution < 1.29 is 17.9 Å². The summed E-state index contributed by atoms with van der Waals surface area (Å²) in [6.07, 6.45) is 2.38. The minimum atomic E-state index is -3.13. The third-order valence-corrected chi connectivity index (χ3v) is 4.67. The molecule has 0 aliphatic carbocycles. The highest BCUT2D eigenvalue weighted by atomic mass is 35.5. The van der Waals surface area contributed by atoms with Gasteiger partial charge in [0.15, 0.2) is 9.84 Å². The molecular formula is C16H24ClN3O4S. The summed E-state index contributed by atoms with van der Waals surface area (Å²) >= 11 is 6.27. The average molecular weight is 390 g/mol. The van der Waals surface area contributed by atoms with Gasteiger partial charge in [-0.1, -0.05) is 11.6 Å². The molecule has 1 fully saturated rings. The van der Waals surface area contributed by atoms with E-state index in [9.17, 15) is 13.2 Å². The first-order chi connectivity index (χ1) is 11.4. The lowest BCUT2D eigenvalue weighted by molar-refractivity contribution is 0.0240. The second-order valence-corrected chi connectivity index (χ2v) is 9.72. The number of sulfone groups is 1. The van der Waals surface area contributed by atoms with Crippen LogP contribution in [0.4, 0.5) is 10.6 Å². The molecule has 0 aromatic carbocycles. The molecule has 25 heavy (non-hydrogen) atoms. The van der Waals surface area contributed by atoms with E-state index >= 15 is 0 Å². The van der Waals surface area contributed by atoms with Crippen LogP contribution in [0.15, 0.2) is 12.3 Å². The standard InChI is InChI=1S/C16H24ClN3O4S/c1-16(2,3)24-15(21)20-7-5-19(6-8-20)14-13(17)9-12(10-18-14)11-25(4,22)23/h9-10H,5-8,11H2,1-4H3. The lowest BCUT2D eigenvalue weighted by Crippen LogP contribution is -2.50. The number of piperazine rings is 1. The summed E-state index contributed by atoms with van der Waals surface area (Å²) in [6, 6.07) is 1.63. The lowest BCUT2D eigenvalue weighted by Gasteiger charge is -2.36. The van der Waals surface area contributed by atoms with Crippen molar-refractivity contribution in [2.24, 2.45) is 0 Å². The Bertz CT molecular complexity index is 738. The first-order valence-electron chi connectivity index (χ1n) is 8.00. The van der Waals surface area contributed by atoms with Crippen LogP contribution in [0.5, 0.6) is 0 Å². The van der Waals surface area contributed by atoms with E-state index in [1.165, 1.54) is 12.5 Å². The Hall–Kier alpha value is -1.54. The fourth-order valence-corrected chi connectivity index (χ4v) is 3.58. The van der Waals surface area contributed by atoms with Gasteiger partial charge in [0, 0.05) is 38.6 Å². The molecule has 1 aliphatic rings. The van der Waals surface area contributed by atoms with Gasteiger partial charge >= 0.3 is 6.09 Å². The number of ether oxygens (including phenoxy) is 1. The Morgan fingerprint density at radius 2 is 1.88 bits per heavy atom. The fraction of sp³-hybridized carbons (Fsp3) is 0.625. The normalized spacial score (nSPS) is 16.0. The van der Waals surface area contributed by atoms with Gasteiger partial charge in [-0.25, -0.2) is 18.2 Å². The SMILES string of the molecule is CC(C)(C)OC(=O)N1CCN(c2ncc(CS(C)(=O)=O)cc2Cl)CC1. The van der Waals surface area contributed by atoms with Crippen molar-refractivity contribution in [2.75, 3.05) is 37.3 Å². The molecule has 7 nitrogen and oxygen atoms in total. The van der Waals surface area contributed by atoms with Crippen molar-refractivity contribution in [1.82, 2.24) is 9.88 Å². The van der Waals surface area contributed by atoms with Gasteiger partial charge in [0.2, 0.25) is 0 Å². The second kappa shape index (κ2) is 7.37. The summed E-state index contributed by atoms with van der Waals surface area (Å²) in [6.45, 7) is 7.69. The maximum atomic E-state index is 12.1. The molecule has 0 radical (unpaired) electrons. The third-order valence-electron chi connectivity index (χ3n) is 3.54. The Kier molecular flexibility index (Phi) is 5.83. The van der Waals surface area contributed by atoms with Crippen molar-refractivity contribution in [3.63, 3.8) is 0 Å². The summed E-state index contributed by atoms with van der Waals surface area (Å²) in [4.78, 5) is 20.0. The molecule has 9 heteroatoms. The van der Waals surface area contributed by atoms with Crippen LogP contribution < -0.4 is 4.90 Å². The molecule has 1 saturated heterocycles. The minimum Gasteiger partial charge on any atom is -0.444 e. The maximum Gasteiger partial charge on any atom is 0.410 e. The van der Waals surface area contributed by atoms with Crippen LogP contribution >= 0.6 is 11.6 Å². The van der Waals surface area contributed by atoms with Crippen LogP contribution in [0.2, 0.25) is 5.02 Å². The zero-order chi connectivity index (χ0) is 18.8. The summed E-state index contributed by atoms with van der Waals surface area (Å²) in [7, 11) is -3.13. The molecule has 140 valence electrons. The fourth-order valence-electron chi connectivity index (χ4n) is 2.51. The molecule has 2 heterocycles. The first-order valence-corrected chi connectivity index (χ1v) is 10.4. The quantitative estimate of drug-likeness (QED) is 0.789. The molecule has 0 atom stereocenters. The Balaban J connectivity index is 2.00. The topological polar surface area (TPSA) is 79.8 Å². The number of pyridine rings is 1.